The van der Waals surface area contributed by atoms with Crippen LogP contribution < -0.4 is 4.90 Å². The van der Waals surface area contributed by atoms with E-state index >= 15 is 0 Å². The van der Waals surface area contributed by atoms with E-state index in [1.807, 2.05) is 49.4 Å². The third kappa shape index (κ3) is 4.19. The molecule has 1 aliphatic heterocycles. The maximum Gasteiger partial charge on any atom is 0.258 e. The number of fused-ring (bicyclic) bond motifs is 1. The minimum absolute atomic E-state index is 0.114. The molecule has 4 rings (SSSR count). The van der Waals surface area contributed by atoms with E-state index in [1.54, 1.807) is 4.90 Å². The number of hydrogen-bond acceptors (Lipinski definition) is 4. The largest absolute Gasteiger partial charge is 0.379 e. The van der Waals surface area contributed by atoms with Crippen molar-refractivity contribution in [2.24, 2.45) is 0 Å². The molecule has 3 aromatic carbocycles. The predicted octanol–water partition coefficient (Wildman–Crippen LogP) is 3.67. The van der Waals surface area contributed by atoms with Crippen LogP contribution in [0.2, 0.25) is 0 Å². The number of nitrogens with zero attached hydrogens (tertiary/aromatic N) is 2. The van der Waals surface area contributed by atoms with Gasteiger partial charge in [0.25, 0.3) is 5.91 Å². The van der Waals surface area contributed by atoms with Crippen LogP contribution in [-0.4, -0.2) is 51.5 Å². The molecule has 0 spiro atoms. The van der Waals surface area contributed by atoms with Crippen molar-refractivity contribution < 1.29 is 22.3 Å². The molecule has 1 amide bonds. The van der Waals surface area contributed by atoms with Crippen LogP contribution in [0.15, 0.2) is 65.6 Å². The van der Waals surface area contributed by atoms with E-state index in [4.69, 9.17) is 4.74 Å². The molecule has 0 aliphatic carbocycles. The molecule has 1 aliphatic rings. The van der Waals surface area contributed by atoms with Gasteiger partial charge in [-0.2, -0.15) is 4.31 Å². The molecular weight excluding hydrogens is 419 g/mol. The van der Waals surface area contributed by atoms with E-state index in [0.29, 0.717) is 12.2 Å². The Morgan fingerprint density at radius 2 is 1.74 bits per heavy atom. The van der Waals surface area contributed by atoms with E-state index < -0.39 is 26.6 Å². The molecule has 0 saturated carbocycles. The van der Waals surface area contributed by atoms with Crippen LogP contribution in [0.4, 0.5) is 10.1 Å². The summed E-state index contributed by atoms with van der Waals surface area (Å²) < 4.78 is 46.8. The Hall–Kier alpha value is -2.81. The molecule has 3 aromatic rings. The average Bonchev–Trinajstić information content (AvgIpc) is 2.80. The van der Waals surface area contributed by atoms with Crippen molar-refractivity contribution in [1.29, 1.82) is 0 Å². The molecule has 0 bridgehead atoms. The number of halogens is 1. The zero-order valence-corrected chi connectivity index (χ0v) is 17.9. The van der Waals surface area contributed by atoms with Crippen LogP contribution in [0.3, 0.4) is 0 Å². The summed E-state index contributed by atoms with van der Waals surface area (Å²) in [6.07, 6.45) is 0. The Morgan fingerprint density at radius 1 is 1.03 bits per heavy atom. The Morgan fingerprint density at radius 3 is 2.45 bits per heavy atom. The van der Waals surface area contributed by atoms with E-state index in [-0.39, 0.29) is 31.9 Å². The van der Waals surface area contributed by atoms with Gasteiger partial charge in [0.05, 0.1) is 13.2 Å². The first-order valence-corrected chi connectivity index (χ1v) is 11.5. The van der Waals surface area contributed by atoms with Gasteiger partial charge in [0.1, 0.15) is 10.7 Å². The number of amides is 1. The minimum atomic E-state index is -4.07. The molecule has 0 radical (unpaired) electrons. The molecule has 6 nitrogen and oxygen atoms in total. The van der Waals surface area contributed by atoms with Gasteiger partial charge in [-0.3, -0.25) is 4.79 Å². The first kappa shape index (κ1) is 21.4. The fourth-order valence-corrected chi connectivity index (χ4v) is 5.20. The number of anilines is 1. The third-order valence-electron chi connectivity index (χ3n) is 5.37. The van der Waals surface area contributed by atoms with Crippen LogP contribution in [-0.2, 0) is 14.8 Å². The summed E-state index contributed by atoms with van der Waals surface area (Å²) in [7, 11) is -4.07. The third-order valence-corrected chi connectivity index (χ3v) is 7.29. The van der Waals surface area contributed by atoms with Crippen molar-refractivity contribution in [2.45, 2.75) is 11.8 Å². The molecule has 8 heteroatoms. The van der Waals surface area contributed by atoms with E-state index in [9.17, 15) is 17.6 Å². The number of carbonyl (C=O) groups excluding carboxylic acids is 1. The molecule has 0 N–H and O–H groups in total. The maximum atomic E-state index is 14.5. The van der Waals surface area contributed by atoms with Crippen molar-refractivity contribution in [3.8, 4) is 0 Å². The van der Waals surface area contributed by atoms with Gasteiger partial charge in [0.2, 0.25) is 10.0 Å². The number of morpholine rings is 1. The highest BCUT2D eigenvalue weighted by Gasteiger charge is 2.30. The van der Waals surface area contributed by atoms with Gasteiger partial charge < -0.3 is 9.64 Å². The summed E-state index contributed by atoms with van der Waals surface area (Å²) in [5.41, 5.74) is 0.802. The lowest BCUT2D eigenvalue weighted by Gasteiger charge is -2.26. The quantitative estimate of drug-likeness (QED) is 0.605. The number of hydrogen-bond donors (Lipinski definition) is 0. The second-order valence-electron chi connectivity index (χ2n) is 7.24. The van der Waals surface area contributed by atoms with Crippen LogP contribution in [0, 0.1) is 5.82 Å². The predicted molar refractivity (Wildman–Crippen MR) is 117 cm³/mol. The maximum absolute atomic E-state index is 14.5. The van der Waals surface area contributed by atoms with Crippen LogP contribution >= 0.6 is 0 Å². The van der Waals surface area contributed by atoms with Crippen LogP contribution in [0.25, 0.3) is 10.8 Å². The molecule has 0 atom stereocenters. The van der Waals surface area contributed by atoms with Crippen molar-refractivity contribution in [3.05, 3.63) is 72.0 Å². The zero-order valence-electron chi connectivity index (χ0n) is 17.1. The number of benzene rings is 3. The fourth-order valence-electron chi connectivity index (χ4n) is 3.70. The Bertz CT molecular complexity index is 1220. The summed E-state index contributed by atoms with van der Waals surface area (Å²) >= 11 is 0. The van der Waals surface area contributed by atoms with Gasteiger partial charge in [0, 0.05) is 30.9 Å². The van der Waals surface area contributed by atoms with Crippen molar-refractivity contribution in [3.63, 3.8) is 0 Å². The number of ether oxygens (including phenoxy) is 1. The normalized spacial score (nSPS) is 15.2. The van der Waals surface area contributed by atoms with Crippen LogP contribution in [0.1, 0.15) is 17.3 Å². The summed E-state index contributed by atoms with van der Waals surface area (Å²) in [4.78, 5) is 14.3. The molecule has 162 valence electrons. The highest BCUT2D eigenvalue weighted by molar-refractivity contribution is 7.89. The lowest BCUT2D eigenvalue weighted by molar-refractivity contribution is 0.0729. The Balaban J connectivity index is 1.69. The topological polar surface area (TPSA) is 66.9 Å². The van der Waals surface area contributed by atoms with E-state index in [2.05, 4.69) is 0 Å². The number of sulfonamides is 1. The molecule has 0 aromatic heterocycles. The second-order valence-corrected chi connectivity index (χ2v) is 9.15. The summed E-state index contributed by atoms with van der Waals surface area (Å²) in [5.74, 6) is -1.27. The molecule has 0 unspecified atom stereocenters. The highest BCUT2D eigenvalue weighted by Crippen LogP contribution is 2.26. The average molecular weight is 443 g/mol. The molecule has 31 heavy (non-hydrogen) atoms. The van der Waals surface area contributed by atoms with Gasteiger partial charge in [-0.05, 0) is 48.0 Å². The molecule has 1 heterocycles. The van der Waals surface area contributed by atoms with Gasteiger partial charge in [-0.1, -0.05) is 30.3 Å². The van der Waals surface area contributed by atoms with Crippen LogP contribution in [0.5, 0.6) is 0 Å². The highest BCUT2D eigenvalue weighted by atomic mass is 32.2. The van der Waals surface area contributed by atoms with Crippen molar-refractivity contribution >= 4 is 32.4 Å². The number of carbonyl (C=O) groups is 1. The van der Waals surface area contributed by atoms with Gasteiger partial charge in [0.15, 0.2) is 0 Å². The van der Waals surface area contributed by atoms with E-state index in [0.717, 1.165) is 22.9 Å². The van der Waals surface area contributed by atoms with E-state index in [1.165, 1.54) is 10.4 Å². The zero-order chi connectivity index (χ0) is 22.0. The summed E-state index contributed by atoms with van der Waals surface area (Å²) in [6.45, 7) is 3.02. The molecule has 1 saturated heterocycles. The van der Waals surface area contributed by atoms with Gasteiger partial charge in [-0.15, -0.1) is 0 Å². The summed E-state index contributed by atoms with van der Waals surface area (Å²) in [5, 5.41) is 2.04. The Labute approximate surface area is 180 Å². The SMILES string of the molecule is CCN(C(=O)c1ccc(F)c(S(=O)(=O)N2CCOCC2)c1)c1ccc2ccccc2c1. The van der Waals surface area contributed by atoms with Crippen molar-refractivity contribution in [1.82, 2.24) is 4.31 Å². The molecule has 1 fully saturated rings. The van der Waals surface area contributed by atoms with Gasteiger partial charge in [-0.25, -0.2) is 12.8 Å². The fraction of sp³-hybridized carbons (Fsp3) is 0.261. The van der Waals surface area contributed by atoms with Gasteiger partial charge >= 0.3 is 0 Å². The standard InChI is InChI=1S/C23H23FN2O4S/c1-2-26(20-9-7-17-5-3-4-6-18(17)15-20)23(27)19-8-10-21(24)22(16-19)31(28,29)25-11-13-30-14-12-25/h3-10,15-16H,2,11-14H2,1H3. The second kappa shape index (κ2) is 8.74. The first-order chi connectivity index (χ1) is 14.9. The molecular formula is C23H23FN2O4S. The monoisotopic (exact) mass is 442 g/mol. The first-order valence-electron chi connectivity index (χ1n) is 10.1. The van der Waals surface area contributed by atoms with Crippen molar-refractivity contribution in [2.75, 3.05) is 37.7 Å². The minimum Gasteiger partial charge on any atom is -0.379 e. The summed E-state index contributed by atoms with van der Waals surface area (Å²) in [6, 6.07) is 17.0. The number of rotatable bonds is 5. The smallest absolute Gasteiger partial charge is 0.258 e. The lowest BCUT2D eigenvalue weighted by Crippen LogP contribution is -2.41. The Kier molecular flexibility index (Phi) is 6.04. The lowest BCUT2D eigenvalue weighted by atomic mass is 10.1.